The van der Waals surface area contributed by atoms with E-state index in [4.69, 9.17) is 4.42 Å². The van der Waals surface area contributed by atoms with Gasteiger partial charge in [0.15, 0.2) is 0 Å². The number of hydrogen-bond donors (Lipinski definition) is 2. The maximum absolute atomic E-state index is 12.2. The van der Waals surface area contributed by atoms with Gasteiger partial charge in [0.2, 0.25) is 5.89 Å². The quantitative estimate of drug-likeness (QED) is 0.685. The normalized spacial score (nSPS) is 17.9. The molecular weight excluding hydrogens is 451 g/mol. The van der Waals surface area contributed by atoms with Gasteiger partial charge in [0.05, 0.1) is 11.6 Å². The van der Waals surface area contributed by atoms with E-state index in [2.05, 4.69) is 59.4 Å². The molecule has 1 saturated heterocycles. The molecule has 0 bridgehead atoms. The first-order chi connectivity index (χ1) is 10.1. The van der Waals surface area contributed by atoms with E-state index in [1.54, 1.807) is 6.07 Å². The highest BCUT2D eigenvalue weighted by Gasteiger charge is 2.23. The monoisotopic (exact) mass is 462 g/mol. The van der Waals surface area contributed by atoms with E-state index in [1.165, 1.54) is 0 Å². The Kier molecular flexibility index (Phi) is 4.55. The van der Waals surface area contributed by atoms with E-state index in [9.17, 15) is 4.79 Å². The van der Waals surface area contributed by atoms with Gasteiger partial charge in [0.25, 0.3) is 5.91 Å². The zero-order chi connectivity index (χ0) is 14.8. The van der Waals surface area contributed by atoms with Crippen LogP contribution in [0.1, 0.15) is 35.1 Å². The van der Waals surface area contributed by atoms with Crippen LogP contribution in [0.15, 0.2) is 27.1 Å². The van der Waals surface area contributed by atoms with Crippen molar-refractivity contribution in [3.63, 3.8) is 0 Å². The summed E-state index contributed by atoms with van der Waals surface area (Å²) < 4.78 is 7.19. The Balaban J connectivity index is 1.74. The predicted molar refractivity (Wildman–Crippen MR) is 89.1 cm³/mol. The summed E-state index contributed by atoms with van der Waals surface area (Å²) in [6, 6.07) is 5.72. The van der Waals surface area contributed by atoms with Gasteiger partial charge in [-0.25, -0.2) is 0 Å². The molecule has 2 aromatic rings. The molecule has 8 heteroatoms. The minimum Gasteiger partial charge on any atom is -0.406 e. The lowest BCUT2D eigenvalue weighted by Gasteiger charge is -2.05. The summed E-state index contributed by atoms with van der Waals surface area (Å²) in [5.74, 6) is 0.252. The molecule has 0 aliphatic carbocycles. The first kappa shape index (κ1) is 14.9. The average Bonchev–Trinajstić information content (AvgIpc) is 3.11. The third kappa shape index (κ3) is 3.43. The van der Waals surface area contributed by atoms with Gasteiger partial charge in [0.1, 0.15) is 0 Å². The third-order valence-corrected chi connectivity index (χ3v) is 4.63. The summed E-state index contributed by atoms with van der Waals surface area (Å²) in [7, 11) is 0. The number of anilines is 1. The molecule has 0 saturated carbocycles. The van der Waals surface area contributed by atoms with Gasteiger partial charge in [-0.1, -0.05) is 21.0 Å². The fraction of sp³-hybridized carbons (Fsp3) is 0.308. The maximum atomic E-state index is 12.2. The fourth-order valence-electron chi connectivity index (χ4n) is 2.16. The predicted octanol–water partition coefficient (Wildman–Crippen LogP) is 3.11. The second-order valence-corrected chi connectivity index (χ2v) is 6.75. The molecule has 1 unspecified atom stereocenters. The maximum Gasteiger partial charge on any atom is 0.322 e. The second kappa shape index (κ2) is 6.41. The third-order valence-electron chi connectivity index (χ3n) is 3.19. The van der Waals surface area contributed by atoms with Crippen molar-refractivity contribution in [2.24, 2.45) is 0 Å². The molecule has 1 atom stereocenters. The highest BCUT2D eigenvalue weighted by atomic mass is 127. The van der Waals surface area contributed by atoms with Gasteiger partial charge < -0.3 is 9.73 Å². The molecule has 110 valence electrons. The molecule has 1 aliphatic rings. The molecule has 3 rings (SSSR count). The molecule has 6 nitrogen and oxygen atoms in total. The SMILES string of the molecule is O=C(Nc1nnc(C2CCCN2)o1)c1cc(Br)ccc1I. The zero-order valence-electron chi connectivity index (χ0n) is 10.9. The van der Waals surface area contributed by atoms with Crippen molar-refractivity contribution in [3.8, 4) is 0 Å². The number of hydrogen-bond acceptors (Lipinski definition) is 5. The molecule has 2 N–H and O–H groups in total. The Labute approximate surface area is 143 Å². The van der Waals surface area contributed by atoms with E-state index >= 15 is 0 Å². The van der Waals surface area contributed by atoms with Crippen LogP contribution < -0.4 is 10.6 Å². The topological polar surface area (TPSA) is 80.0 Å². The number of carbonyl (C=O) groups is 1. The first-order valence-electron chi connectivity index (χ1n) is 6.46. The van der Waals surface area contributed by atoms with E-state index < -0.39 is 0 Å². The van der Waals surface area contributed by atoms with Crippen LogP contribution in [-0.4, -0.2) is 22.6 Å². The van der Waals surface area contributed by atoms with E-state index in [0.29, 0.717) is 11.5 Å². The van der Waals surface area contributed by atoms with Crippen LogP contribution in [0.5, 0.6) is 0 Å². The summed E-state index contributed by atoms with van der Waals surface area (Å²) in [4.78, 5) is 12.2. The summed E-state index contributed by atoms with van der Waals surface area (Å²) in [6.07, 6.45) is 2.06. The number of benzene rings is 1. The molecule has 2 heterocycles. The highest BCUT2D eigenvalue weighted by Crippen LogP contribution is 2.24. The van der Waals surface area contributed by atoms with Crippen LogP contribution in [0.2, 0.25) is 0 Å². The molecule has 1 aliphatic heterocycles. The Hall–Kier alpha value is -1.000. The largest absolute Gasteiger partial charge is 0.406 e. The number of amides is 1. The summed E-state index contributed by atoms with van der Waals surface area (Å²) in [5, 5.41) is 13.8. The van der Waals surface area contributed by atoms with Gasteiger partial charge in [0, 0.05) is 8.04 Å². The second-order valence-electron chi connectivity index (χ2n) is 4.67. The summed E-state index contributed by atoms with van der Waals surface area (Å²) >= 11 is 5.47. The van der Waals surface area contributed by atoms with Crippen molar-refractivity contribution >= 4 is 50.4 Å². The lowest BCUT2D eigenvalue weighted by atomic mass is 10.2. The molecule has 1 aromatic carbocycles. The number of aromatic nitrogens is 2. The Morgan fingerprint density at radius 3 is 3.10 bits per heavy atom. The van der Waals surface area contributed by atoms with Crippen LogP contribution in [0, 0.1) is 3.57 Å². The Bertz CT molecular complexity index is 670. The van der Waals surface area contributed by atoms with Crippen molar-refractivity contribution in [1.29, 1.82) is 0 Å². The number of carbonyl (C=O) groups excluding carboxylic acids is 1. The van der Waals surface area contributed by atoms with Crippen molar-refractivity contribution in [2.75, 3.05) is 11.9 Å². The average molecular weight is 463 g/mol. The van der Waals surface area contributed by atoms with E-state index in [0.717, 1.165) is 27.4 Å². The van der Waals surface area contributed by atoms with Crippen molar-refractivity contribution in [1.82, 2.24) is 15.5 Å². The van der Waals surface area contributed by atoms with Gasteiger partial charge >= 0.3 is 6.01 Å². The van der Waals surface area contributed by atoms with Crippen LogP contribution in [0.4, 0.5) is 6.01 Å². The minimum absolute atomic E-state index is 0.0918. The van der Waals surface area contributed by atoms with E-state index in [-0.39, 0.29) is 18.0 Å². The summed E-state index contributed by atoms with van der Waals surface area (Å²) in [6.45, 7) is 0.949. The van der Waals surface area contributed by atoms with Gasteiger partial charge in [-0.3, -0.25) is 10.1 Å². The zero-order valence-corrected chi connectivity index (χ0v) is 14.6. The molecular formula is C13H12BrIN4O2. The van der Waals surface area contributed by atoms with Crippen molar-refractivity contribution in [2.45, 2.75) is 18.9 Å². The number of nitrogens with zero attached hydrogens (tertiary/aromatic N) is 2. The molecule has 21 heavy (non-hydrogen) atoms. The molecule has 1 fully saturated rings. The van der Waals surface area contributed by atoms with Gasteiger partial charge in [-0.15, -0.1) is 5.10 Å². The number of rotatable bonds is 3. The van der Waals surface area contributed by atoms with Crippen molar-refractivity contribution < 1.29 is 9.21 Å². The smallest absolute Gasteiger partial charge is 0.322 e. The Morgan fingerprint density at radius 2 is 2.33 bits per heavy atom. The minimum atomic E-state index is -0.268. The lowest BCUT2D eigenvalue weighted by Crippen LogP contribution is -2.14. The molecule has 0 spiro atoms. The van der Waals surface area contributed by atoms with Crippen molar-refractivity contribution in [3.05, 3.63) is 37.7 Å². The molecule has 1 aromatic heterocycles. The summed E-state index contributed by atoms with van der Waals surface area (Å²) in [5.41, 5.74) is 0.559. The van der Waals surface area contributed by atoms with Crippen LogP contribution >= 0.6 is 38.5 Å². The van der Waals surface area contributed by atoms with Gasteiger partial charge in [-0.05, 0) is 60.2 Å². The van der Waals surface area contributed by atoms with Gasteiger partial charge in [-0.2, -0.15) is 0 Å². The van der Waals surface area contributed by atoms with Crippen LogP contribution in [0.25, 0.3) is 0 Å². The number of nitrogens with one attached hydrogen (secondary N) is 2. The van der Waals surface area contributed by atoms with E-state index in [1.807, 2.05) is 12.1 Å². The standard InChI is InChI=1S/C13H12BrIN4O2/c14-7-3-4-9(15)8(6-7)11(20)17-13-19-18-12(21-13)10-2-1-5-16-10/h3-4,6,10,16H,1-2,5H2,(H,17,19,20). The first-order valence-corrected chi connectivity index (χ1v) is 8.34. The highest BCUT2D eigenvalue weighted by molar-refractivity contribution is 14.1. The Morgan fingerprint density at radius 1 is 1.48 bits per heavy atom. The molecule has 0 radical (unpaired) electrons. The van der Waals surface area contributed by atoms with Crippen LogP contribution in [0.3, 0.4) is 0 Å². The van der Waals surface area contributed by atoms with Crippen LogP contribution in [-0.2, 0) is 0 Å². The fourth-order valence-corrected chi connectivity index (χ4v) is 3.10. The lowest BCUT2D eigenvalue weighted by molar-refractivity contribution is 0.102. The molecule has 1 amide bonds. The number of halogens is 2.